The molecule has 0 N–H and O–H groups in total. The summed E-state index contributed by atoms with van der Waals surface area (Å²) in [4.78, 5) is 2.28. The zero-order chi connectivity index (χ0) is 30.2. The van der Waals surface area contributed by atoms with E-state index in [0.29, 0.717) is 0 Å². The number of anilines is 3. The van der Waals surface area contributed by atoms with Crippen molar-refractivity contribution in [3.63, 3.8) is 0 Å². The summed E-state index contributed by atoms with van der Waals surface area (Å²) in [6, 6.07) is 55.8. The van der Waals surface area contributed by atoms with Gasteiger partial charge in [-0.3, -0.25) is 0 Å². The number of hydrogen-bond acceptors (Lipinski definition) is 3. The highest BCUT2D eigenvalue weighted by Gasteiger charge is 2.40. The van der Waals surface area contributed by atoms with Crippen molar-refractivity contribution in [3.05, 3.63) is 158 Å². The lowest BCUT2D eigenvalue weighted by Crippen LogP contribution is -2.57. The third-order valence-corrected chi connectivity index (χ3v) is 9.54. The third-order valence-electron chi connectivity index (χ3n) is 9.54. The largest absolute Gasteiger partial charge is 0.458 e. The van der Waals surface area contributed by atoms with Crippen LogP contribution in [0.25, 0.3) is 32.3 Å². The van der Waals surface area contributed by atoms with Crippen LogP contribution in [-0.2, 0) is 0 Å². The molecule has 0 saturated heterocycles. The molecule has 0 unspecified atom stereocenters. The lowest BCUT2D eigenvalue weighted by molar-refractivity contribution is 0.465. The molecule has 4 heteroatoms. The van der Waals surface area contributed by atoms with Gasteiger partial charge in [0, 0.05) is 28.6 Å². The molecule has 46 heavy (non-hydrogen) atoms. The number of ether oxygens (including phenoxy) is 2. The van der Waals surface area contributed by atoms with Gasteiger partial charge in [-0.2, -0.15) is 0 Å². The summed E-state index contributed by atoms with van der Waals surface area (Å²) in [7, 11) is 0. The second-order valence-corrected chi connectivity index (χ2v) is 12.1. The van der Waals surface area contributed by atoms with Gasteiger partial charge < -0.3 is 14.4 Å². The third kappa shape index (κ3) is 3.67. The van der Waals surface area contributed by atoms with Crippen LogP contribution in [0.3, 0.4) is 0 Å². The van der Waals surface area contributed by atoms with Crippen molar-refractivity contribution in [2.45, 2.75) is 0 Å². The summed E-state index contributed by atoms with van der Waals surface area (Å²) in [5.74, 6) is 3.45. The van der Waals surface area contributed by atoms with Crippen molar-refractivity contribution >= 4 is 72.5 Å². The van der Waals surface area contributed by atoms with Crippen LogP contribution in [0.4, 0.5) is 17.1 Å². The number of rotatable bonds is 3. The molecule has 0 radical (unpaired) electrons. The molecule has 8 aromatic rings. The predicted molar refractivity (Wildman–Crippen MR) is 191 cm³/mol. The standard InChI is InChI=1S/C42H26BNO2/c1-3-12-27(13-4-1)44(28-14-5-2-6-15-28)29-22-23-36-40(24-29)45-38-20-11-21-39-42(38)43(36)37-25-34-32-18-9-7-16-30(32)31-17-8-10-19-33(31)35(34)26-41(37)46-39/h1-26H. The van der Waals surface area contributed by atoms with E-state index in [2.05, 4.69) is 157 Å². The summed E-state index contributed by atoms with van der Waals surface area (Å²) in [6.07, 6.45) is 0. The molecule has 10 rings (SSSR count). The molecule has 0 amide bonds. The van der Waals surface area contributed by atoms with E-state index in [1.54, 1.807) is 0 Å². The average molecular weight is 587 g/mol. The normalized spacial score (nSPS) is 12.7. The first kappa shape index (κ1) is 25.3. The molecular formula is C42H26BNO2. The van der Waals surface area contributed by atoms with Crippen molar-refractivity contribution in [3.8, 4) is 23.0 Å². The number of hydrogen-bond donors (Lipinski definition) is 0. The zero-order valence-electron chi connectivity index (χ0n) is 24.9. The highest BCUT2D eigenvalue weighted by molar-refractivity contribution is 6.98. The minimum absolute atomic E-state index is 0.0238. The molecular weight excluding hydrogens is 561 g/mol. The predicted octanol–water partition coefficient (Wildman–Crippen LogP) is 9.34. The van der Waals surface area contributed by atoms with Gasteiger partial charge in [0.15, 0.2) is 0 Å². The highest BCUT2D eigenvalue weighted by Crippen LogP contribution is 2.42. The Morgan fingerprint density at radius 2 is 0.848 bits per heavy atom. The van der Waals surface area contributed by atoms with Crippen LogP contribution < -0.4 is 30.8 Å². The molecule has 214 valence electrons. The Hall–Kier alpha value is -6.00. The second kappa shape index (κ2) is 9.75. The van der Waals surface area contributed by atoms with Gasteiger partial charge in [0.25, 0.3) is 6.71 Å². The van der Waals surface area contributed by atoms with E-state index < -0.39 is 0 Å². The van der Waals surface area contributed by atoms with E-state index in [1.807, 2.05) is 6.07 Å². The minimum Gasteiger partial charge on any atom is -0.458 e. The van der Waals surface area contributed by atoms with E-state index in [4.69, 9.17) is 9.47 Å². The first-order valence-electron chi connectivity index (χ1n) is 15.7. The molecule has 0 atom stereocenters. The molecule has 0 fully saturated rings. The van der Waals surface area contributed by atoms with Crippen LogP contribution in [0.1, 0.15) is 0 Å². The summed E-state index contributed by atoms with van der Waals surface area (Å²) >= 11 is 0. The SMILES string of the molecule is c1ccc(N(c2ccccc2)c2ccc3c(c2)Oc2cccc4c2B3c2cc3c5ccccc5c5ccccc5c3cc2O4)cc1. The fourth-order valence-electron chi connectivity index (χ4n) is 7.55. The Balaban J connectivity index is 1.21. The van der Waals surface area contributed by atoms with Crippen molar-refractivity contribution in [2.24, 2.45) is 0 Å². The fourth-order valence-corrected chi connectivity index (χ4v) is 7.55. The van der Waals surface area contributed by atoms with E-state index in [0.717, 1.165) is 56.4 Å². The van der Waals surface area contributed by atoms with Crippen LogP contribution in [0, 0.1) is 0 Å². The number of nitrogens with zero attached hydrogens (tertiary/aromatic N) is 1. The van der Waals surface area contributed by atoms with Gasteiger partial charge in [-0.15, -0.1) is 0 Å². The molecule has 0 spiro atoms. The Bertz CT molecular complexity index is 2450. The Morgan fingerprint density at radius 3 is 1.43 bits per heavy atom. The molecule has 0 saturated carbocycles. The fraction of sp³-hybridized carbons (Fsp3) is 0. The van der Waals surface area contributed by atoms with Crippen molar-refractivity contribution in [1.82, 2.24) is 0 Å². The number of benzene rings is 8. The monoisotopic (exact) mass is 587 g/mol. The maximum Gasteiger partial charge on any atom is 0.260 e. The zero-order valence-corrected chi connectivity index (χ0v) is 24.9. The van der Waals surface area contributed by atoms with E-state index >= 15 is 0 Å². The quantitative estimate of drug-likeness (QED) is 0.152. The van der Waals surface area contributed by atoms with Gasteiger partial charge >= 0.3 is 0 Å². The Labute approximate surface area is 267 Å². The second-order valence-electron chi connectivity index (χ2n) is 12.1. The maximum absolute atomic E-state index is 6.71. The lowest BCUT2D eigenvalue weighted by Gasteiger charge is -2.34. The van der Waals surface area contributed by atoms with E-state index in [1.165, 1.54) is 32.3 Å². The molecule has 3 nitrogen and oxygen atoms in total. The first-order chi connectivity index (χ1) is 22.8. The van der Waals surface area contributed by atoms with Gasteiger partial charge in [0.1, 0.15) is 23.0 Å². The van der Waals surface area contributed by atoms with Gasteiger partial charge in [0.2, 0.25) is 0 Å². The van der Waals surface area contributed by atoms with Crippen LogP contribution in [0.15, 0.2) is 158 Å². The molecule has 8 aromatic carbocycles. The lowest BCUT2D eigenvalue weighted by atomic mass is 9.34. The molecule has 2 aliphatic rings. The number of para-hydroxylation sites is 2. The van der Waals surface area contributed by atoms with Gasteiger partial charge in [-0.25, -0.2) is 0 Å². The first-order valence-corrected chi connectivity index (χ1v) is 15.7. The van der Waals surface area contributed by atoms with Gasteiger partial charge in [0.05, 0.1) is 0 Å². The summed E-state index contributed by atoms with van der Waals surface area (Å²) in [6.45, 7) is -0.0238. The van der Waals surface area contributed by atoms with Crippen LogP contribution >= 0.6 is 0 Å². The molecule has 0 aromatic heterocycles. The van der Waals surface area contributed by atoms with E-state index in [-0.39, 0.29) is 6.71 Å². The average Bonchev–Trinajstić information content (AvgIpc) is 3.12. The van der Waals surface area contributed by atoms with Crippen molar-refractivity contribution in [2.75, 3.05) is 4.90 Å². The minimum atomic E-state index is -0.0238. The maximum atomic E-state index is 6.71. The molecule has 2 aliphatic heterocycles. The summed E-state index contributed by atoms with van der Waals surface area (Å²) in [5, 5.41) is 7.46. The Morgan fingerprint density at radius 1 is 0.348 bits per heavy atom. The molecule has 0 bridgehead atoms. The van der Waals surface area contributed by atoms with Gasteiger partial charge in [-0.05, 0) is 91.8 Å². The molecule has 2 heterocycles. The Kier molecular flexibility index (Phi) is 5.37. The van der Waals surface area contributed by atoms with Gasteiger partial charge in [-0.1, -0.05) is 103 Å². The summed E-state index contributed by atoms with van der Waals surface area (Å²) in [5.41, 5.74) is 6.61. The van der Waals surface area contributed by atoms with E-state index in [9.17, 15) is 0 Å². The van der Waals surface area contributed by atoms with Crippen LogP contribution in [-0.4, -0.2) is 6.71 Å². The molecule has 0 aliphatic carbocycles. The summed E-state index contributed by atoms with van der Waals surface area (Å²) < 4.78 is 13.4. The van der Waals surface area contributed by atoms with Crippen molar-refractivity contribution in [1.29, 1.82) is 0 Å². The number of fused-ring (bicyclic) bond motifs is 10. The van der Waals surface area contributed by atoms with Crippen molar-refractivity contribution < 1.29 is 9.47 Å². The van der Waals surface area contributed by atoms with Crippen LogP contribution in [0.5, 0.6) is 23.0 Å². The smallest absolute Gasteiger partial charge is 0.260 e. The van der Waals surface area contributed by atoms with Crippen LogP contribution in [0.2, 0.25) is 0 Å². The highest BCUT2D eigenvalue weighted by atomic mass is 16.5. The topological polar surface area (TPSA) is 21.7 Å².